The van der Waals surface area contributed by atoms with Crippen molar-refractivity contribution in [1.82, 2.24) is 14.5 Å². The van der Waals surface area contributed by atoms with E-state index >= 15 is 0 Å². The molecule has 0 aliphatic heterocycles. The minimum absolute atomic E-state index is 0.109. The molecule has 4 aromatic rings. The number of anilines is 1. The molecule has 0 aliphatic carbocycles. The quantitative estimate of drug-likeness (QED) is 0.513. The highest BCUT2D eigenvalue weighted by Crippen LogP contribution is 2.28. The maximum atomic E-state index is 12.9. The summed E-state index contributed by atoms with van der Waals surface area (Å²) in [4.78, 5) is 21.1. The van der Waals surface area contributed by atoms with Crippen LogP contribution in [0.2, 0.25) is 0 Å². The van der Waals surface area contributed by atoms with Crippen molar-refractivity contribution >= 4 is 45.3 Å². The summed E-state index contributed by atoms with van der Waals surface area (Å²) in [7, 11) is 0. The number of thioether (sulfide) groups is 1. The molecule has 5 nitrogen and oxygen atoms in total. The zero-order valence-electron chi connectivity index (χ0n) is 14.0. The first-order valence-electron chi connectivity index (χ1n) is 8.15. The Morgan fingerprint density at radius 3 is 2.78 bits per heavy atom. The number of benzene rings is 2. The third-order valence-corrected chi connectivity index (χ3v) is 4.72. The Kier molecular flexibility index (Phi) is 4.72. The molecule has 0 radical (unpaired) electrons. The van der Waals surface area contributed by atoms with Crippen molar-refractivity contribution in [3.8, 4) is 0 Å². The average molecular weight is 384 g/mol. The van der Waals surface area contributed by atoms with Gasteiger partial charge in [0.25, 0.3) is 5.76 Å². The highest BCUT2D eigenvalue weighted by Gasteiger charge is 2.18. The summed E-state index contributed by atoms with van der Waals surface area (Å²) in [5.74, 6) is -2.96. The molecule has 136 valence electrons. The van der Waals surface area contributed by atoms with Crippen molar-refractivity contribution in [2.45, 2.75) is 17.5 Å². The maximum absolute atomic E-state index is 12.9. The molecule has 0 bridgehead atoms. The van der Waals surface area contributed by atoms with E-state index in [1.165, 1.54) is 4.57 Å². The van der Waals surface area contributed by atoms with Crippen molar-refractivity contribution in [2.75, 3.05) is 5.32 Å². The van der Waals surface area contributed by atoms with Crippen LogP contribution in [-0.2, 0) is 11.3 Å². The number of carbonyl (C=O) groups is 1. The minimum atomic E-state index is -2.62. The molecule has 0 aliphatic rings. The van der Waals surface area contributed by atoms with E-state index in [1.54, 1.807) is 36.5 Å². The van der Waals surface area contributed by atoms with E-state index in [9.17, 15) is 13.6 Å². The molecule has 1 N–H and O–H groups in total. The lowest BCUT2D eigenvalue weighted by Gasteiger charge is -2.11. The number of para-hydroxylation sites is 3. The molecule has 0 unspecified atom stereocenters. The van der Waals surface area contributed by atoms with Gasteiger partial charge in [-0.1, -0.05) is 30.3 Å². The summed E-state index contributed by atoms with van der Waals surface area (Å²) >= 11 is 0.328. The van der Waals surface area contributed by atoms with E-state index in [-0.39, 0.29) is 17.6 Å². The van der Waals surface area contributed by atoms with Gasteiger partial charge in [0.05, 0.1) is 22.2 Å². The van der Waals surface area contributed by atoms with E-state index in [2.05, 4.69) is 15.3 Å². The van der Waals surface area contributed by atoms with Gasteiger partial charge in [-0.15, -0.1) is 0 Å². The Hall–Kier alpha value is -3.00. The first kappa shape index (κ1) is 17.4. The van der Waals surface area contributed by atoms with E-state index < -0.39 is 5.76 Å². The highest BCUT2D eigenvalue weighted by atomic mass is 32.2. The Morgan fingerprint density at radius 2 is 1.93 bits per heavy atom. The number of carbonyl (C=O) groups excluding carboxylic acids is 1. The van der Waals surface area contributed by atoms with Crippen LogP contribution in [0.5, 0.6) is 0 Å². The number of rotatable bonds is 5. The third kappa shape index (κ3) is 3.61. The Morgan fingerprint density at radius 1 is 1.11 bits per heavy atom. The highest BCUT2D eigenvalue weighted by molar-refractivity contribution is 7.99. The van der Waals surface area contributed by atoms with Gasteiger partial charge >= 0.3 is 0 Å². The number of nitrogens with zero attached hydrogens (tertiary/aromatic N) is 3. The van der Waals surface area contributed by atoms with Crippen molar-refractivity contribution in [3.05, 3.63) is 60.8 Å². The zero-order valence-corrected chi connectivity index (χ0v) is 14.8. The van der Waals surface area contributed by atoms with Gasteiger partial charge in [-0.25, -0.2) is 4.98 Å². The van der Waals surface area contributed by atoms with Gasteiger partial charge in [0, 0.05) is 11.6 Å². The SMILES string of the molecule is O=C(Cn1c(SC(F)F)nc2ccccc21)Nc1cccc2cccnc12. The van der Waals surface area contributed by atoms with Crippen LogP contribution in [-0.4, -0.2) is 26.2 Å². The van der Waals surface area contributed by atoms with Crippen molar-refractivity contribution < 1.29 is 13.6 Å². The normalized spacial score (nSPS) is 11.4. The number of fused-ring (bicyclic) bond motifs is 2. The molecule has 0 atom stereocenters. The molecule has 2 aromatic heterocycles. The first-order chi connectivity index (χ1) is 13.1. The smallest absolute Gasteiger partial charge is 0.291 e. The second-order valence-corrected chi connectivity index (χ2v) is 6.73. The number of nitrogens with one attached hydrogen (secondary N) is 1. The Balaban J connectivity index is 1.64. The second-order valence-electron chi connectivity index (χ2n) is 5.78. The number of pyridine rings is 1. The zero-order chi connectivity index (χ0) is 18.8. The van der Waals surface area contributed by atoms with Crippen LogP contribution in [0, 0.1) is 0 Å². The Bertz CT molecular complexity index is 1120. The molecule has 2 aromatic carbocycles. The first-order valence-corrected chi connectivity index (χ1v) is 9.03. The summed E-state index contributed by atoms with van der Waals surface area (Å²) in [5, 5.41) is 3.83. The van der Waals surface area contributed by atoms with E-state index in [4.69, 9.17) is 0 Å². The monoisotopic (exact) mass is 384 g/mol. The van der Waals surface area contributed by atoms with Gasteiger partial charge in [0.2, 0.25) is 5.91 Å². The van der Waals surface area contributed by atoms with E-state index in [1.807, 2.05) is 24.3 Å². The largest absolute Gasteiger partial charge is 0.323 e. The van der Waals surface area contributed by atoms with Crippen LogP contribution in [0.1, 0.15) is 0 Å². The second kappa shape index (κ2) is 7.32. The number of hydrogen-bond donors (Lipinski definition) is 1. The molecular formula is C19H14F2N4OS. The van der Waals surface area contributed by atoms with Crippen molar-refractivity contribution in [2.24, 2.45) is 0 Å². The van der Waals surface area contributed by atoms with Gasteiger partial charge in [-0.3, -0.25) is 9.78 Å². The summed E-state index contributed by atoms with van der Waals surface area (Å²) in [5.41, 5.74) is 2.45. The van der Waals surface area contributed by atoms with Crippen LogP contribution in [0.3, 0.4) is 0 Å². The molecule has 27 heavy (non-hydrogen) atoms. The fourth-order valence-electron chi connectivity index (χ4n) is 2.91. The van der Waals surface area contributed by atoms with Crippen molar-refractivity contribution in [3.63, 3.8) is 0 Å². The molecular weight excluding hydrogens is 370 g/mol. The Labute approximate surface area is 157 Å². The van der Waals surface area contributed by atoms with Crippen molar-refractivity contribution in [1.29, 1.82) is 0 Å². The van der Waals surface area contributed by atoms with E-state index in [0.717, 1.165) is 5.39 Å². The lowest BCUT2D eigenvalue weighted by atomic mass is 10.2. The third-order valence-electron chi connectivity index (χ3n) is 4.02. The van der Waals surface area contributed by atoms with Crippen LogP contribution in [0.15, 0.2) is 66.0 Å². The van der Waals surface area contributed by atoms with Crippen LogP contribution >= 0.6 is 11.8 Å². The number of hydrogen-bond acceptors (Lipinski definition) is 4. The van der Waals surface area contributed by atoms with Crippen LogP contribution in [0.4, 0.5) is 14.5 Å². The summed E-state index contributed by atoms with van der Waals surface area (Å²) in [6.45, 7) is -0.126. The predicted molar refractivity (Wildman–Crippen MR) is 102 cm³/mol. The van der Waals surface area contributed by atoms with Gasteiger partial charge < -0.3 is 9.88 Å². The summed E-state index contributed by atoms with van der Waals surface area (Å²) in [6.07, 6.45) is 1.65. The van der Waals surface area contributed by atoms with Gasteiger partial charge in [0.1, 0.15) is 6.54 Å². The molecule has 8 heteroatoms. The number of aromatic nitrogens is 3. The maximum Gasteiger partial charge on any atom is 0.291 e. The lowest BCUT2D eigenvalue weighted by Crippen LogP contribution is -2.19. The summed E-state index contributed by atoms with van der Waals surface area (Å²) in [6, 6.07) is 16.2. The number of amides is 1. The number of halogens is 2. The van der Waals surface area contributed by atoms with Gasteiger partial charge in [-0.2, -0.15) is 8.78 Å². The van der Waals surface area contributed by atoms with E-state index in [0.29, 0.717) is 34.0 Å². The minimum Gasteiger partial charge on any atom is -0.323 e. The molecule has 0 fully saturated rings. The molecule has 0 spiro atoms. The number of alkyl halides is 2. The van der Waals surface area contributed by atoms with Crippen LogP contribution in [0.25, 0.3) is 21.9 Å². The van der Waals surface area contributed by atoms with Gasteiger partial charge in [-0.05, 0) is 36.0 Å². The van der Waals surface area contributed by atoms with Gasteiger partial charge in [0.15, 0.2) is 5.16 Å². The molecule has 2 heterocycles. The fourth-order valence-corrected chi connectivity index (χ4v) is 3.51. The topological polar surface area (TPSA) is 59.8 Å². The fraction of sp³-hybridized carbons (Fsp3) is 0.105. The molecule has 1 amide bonds. The molecule has 4 rings (SSSR count). The predicted octanol–water partition coefficient (Wildman–Crippen LogP) is 4.54. The standard InChI is InChI=1S/C19H14F2N4OS/c20-18(21)27-19-24-13-7-1-2-9-15(13)25(19)11-16(26)23-14-8-3-5-12-6-4-10-22-17(12)14/h1-10,18H,11H2,(H,23,26). The molecule has 0 saturated carbocycles. The summed E-state index contributed by atoms with van der Waals surface area (Å²) < 4.78 is 27.3. The average Bonchev–Trinajstić information content (AvgIpc) is 2.98. The molecule has 0 saturated heterocycles. The number of imidazole rings is 1. The van der Waals surface area contributed by atoms with Crippen LogP contribution < -0.4 is 5.32 Å². The lowest BCUT2D eigenvalue weighted by molar-refractivity contribution is -0.116.